The number of quaternary nitrogens is 1. The first-order valence-corrected chi connectivity index (χ1v) is 24.6. The van der Waals surface area contributed by atoms with Crippen LogP contribution in [0.4, 0.5) is 0 Å². The number of carbonyl (C=O) groups is 1. The normalized spacial score (nSPS) is 14.9. The van der Waals surface area contributed by atoms with Gasteiger partial charge >= 0.3 is 0 Å². The molecule has 332 valence electrons. The number of amides is 1. The molecule has 0 aliphatic rings. The predicted octanol–water partition coefficient (Wildman–Crippen LogP) is 12.4. The van der Waals surface area contributed by atoms with E-state index in [9.17, 15) is 19.4 Å². The highest BCUT2D eigenvalue weighted by Crippen LogP contribution is 2.38. The van der Waals surface area contributed by atoms with Gasteiger partial charge in [0.15, 0.2) is 0 Å². The second-order valence-electron chi connectivity index (χ2n) is 16.7. The van der Waals surface area contributed by atoms with E-state index in [4.69, 9.17) is 9.05 Å². The molecule has 0 heterocycles. The molecule has 0 rings (SSSR count). The van der Waals surface area contributed by atoms with Crippen molar-refractivity contribution in [3.8, 4) is 0 Å². The molecule has 0 aliphatic carbocycles. The Morgan fingerprint density at radius 1 is 0.614 bits per heavy atom. The Labute approximate surface area is 351 Å². The number of hydrogen-bond acceptors (Lipinski definition) is 6. The first-order valence-electron chi connectivity index (χ1n) is 23.2. The molecule has 0 spiro atoms. The first kappa shape index (κ1) is 55.2. The molecule has 9 heteroatoms. The number of phosphoric acid groups is 1. The lowest BCUT2D eigenvalue weighted by atomic mass is 10.1. The van der Waals surface area contributed by atoms with Crippen molar-refractivity contribution >= 4 is 13.7 Å². The summed E-state index contributed by atoms with van der Waals surface area (Å²) in [4.78, 5) is 25.3. The zero-order chi connectivity index (χ0) is 42.1. The molecule has 0 saturated carbocycles. The summed E-state index contributed by atoms with van der Waals surface area (Å²) in [6, 6.07) is -0.911. The van der Waals surface area contributed by atoms with Crippen LogP contribution in [0.2, 0.25) is 0 Å². The minimum Gasteiger partial charge on any atom is -0.756 e. The second-order valence-corrected chi connectivity index (χ2v) is 18.2. The fourth-order valence-electron chi connectivity index (χ4n) is 6.23. The number of aliphatic hydroxyl groups is 1. The Balaban J connectivity index is 4.45. The zero-order valence-electron chi connectivity index (χ0n) is 37.5. The van der Waals surface area contributed by atoms with Gasteiger partial charge in [0, 0.05) is 6.42 Å². The number of aliphatic hydroxyl groups excluding tert-OH is 1. The minimum absolute atomic E-state index is 0.0116. The van der Waals surface area contributed by atoms with Gasteiger partial charge in [-0.25, -0.2) is 0 Å². The third kappa shape index (κ3) is 42.1. The maximum atomic E-state index is 12.9. The predicted molar refractivity (Wildman–Crippen MR) is 242 cm³/mol. The number of allylic oxidation sites excluding steroid dienone is 9. The summed E-state index contributed by atoms with van der Waals surface area (Å²) in [7, 11) is 1.22. The Morgan fingerprint density at radius 2 is 1.04 bits per heavy atom. The van der Waals surface area contributed by atoms with Gasteiger partial charge < -0.3 is 28.8 Å². The van der Waals surface area contributed by atoms with Crippen molar-refractivity contribution in [2.75, 3.05) is 40.9 Å². The van der Waals surface area contributed by atoms with Crippen molar-refractivity contribution in [1.29, 1.82) is 0 Å². The molecule has 8 nitrogen and oxygen atoms in total. The molecule has 1 amide bonds. The van der Waals surface area contributed by atoms with Gasteiger partial charge in [0.1, 0.15) is 13.2 Å². The van der Waals surface area contributed by atoms with Gasteiger partial charge in [-0.1, -0.05) is 171 Å². The van der Waals surface area contributed by atoms with E-state index >= 15 is 0 Å². The Kier molecular flexibility index (Phi) is 38.4. The molecule has 57 heavy (non-hydrogen) atoms. The van der Waals surface area contributed by atoms with Gasteiger partial charge in [-0.2, -0.15) is 0 Å². The van der Waals surface area contributed by atoms with Crippen LogP contribution in [-0.2, 0) is 18.4 Å². The van der Waals surface area contributed by atoms with E-state index in [2.05, 4.69) is 67.8 Å². The lowest BCUT2D eigenvalue weighted by Crippen LogP contribution is -2.45. The van der Waals surface area contributed by atoms with Gasteiger partial charge in [-0.15, -0.1) is 0 Å². The number of phosphoric ester groups is 1. The molecule has 0 aromatic rings. The maximum absolute atomic E-state index is 12.9. The lowest BCUT2D eigenvalue weighted by molar-refractivity contribution is -0.870. The number of carbonyl (C=O) groups excluding carboxylic acids is 1. The molecule has 0 saturated heterocycles. The fraction of sp³-hybridized carbons (Fsp3) is 0.771. The highest BCUT2D eigenvalue weighted by Gasteiger charge is 2.23. The van der Waals surface area contributed by atoms with Crippen molar-refractivity contribution in [2.24, 2.45) is 0 Å². The number of nitrogens with zero attached hydrogens (tertiary/aromatic N) is 1. The average molecular weight is 821 g/mol. The van der Waals surface area contributed by atoms with Crippen molar-refractivity contribution in [1.82, 2.24) is 5.32 Å². The summed E-state index contributed by atoms with van der Waals surface area (Å²) in [6.45, 7) is 4.58. The quantitative estimate of drug-likeness (QED) is 0.0275. The van der Waals surface area contributed by atoms with Gasteiger partial charge in [0.25, 0.3) is 7.82 Å². The van der Waals surface area contributed by atoms with Gasteiger partial charge in [0.2, 0.25) is 5.91 Å². The van der Waals surface area contributed by atoms with E-state index in [1.807, 2.05) is 27.2 Å². The Hall–Kier alpha value is -1.80. The van der Waals surface area contributed by atoms with E-state index in [1.165, 1.54) is 103 Å². The number of nitrogens with one attached hydrogen (secondary N) is 1. The van der Waals surface area contributed by atoms with Crippen molar-refractivity contribution in [2.45, 2.75) is 199 Å². The summed E-state index contributed by atoms with van der Waals surface area (Å²) in [5, 5.41) is 13.7. The standard InChI is InChI=1S/C48H89N2O6P/c1-6-8-10-12-14-16-18-20-22-23-24-25-26-27-28-30-32-34-36-38-40-42-48(52)49-46(45-56-57(53,54)55-44-43-50(3,4)5)47(51)41-39-37-35-33-31-29-21-19-17-15-13-11-9-7-2/h18,20,23-24,26-27,31,33,39,41,46-47,51H,6-17,19,21-22,25,28-30,32,34-38,40,42-45H2,1-5H3,(H-,49,52,53,54)/b20-18-,24-23-,27-26-,33-31+,41-39+. The van der Waals surface area contributed by atoms with E-state index in [-0.39, 0.29) is 12.5 Å². The van der Waals surface area contributed by atoms with Crippen LogP contribution in [0.3, 0.4) is 0 Å². The molecule has 0 aromatic carbocycles. The molecule has 0 aromatic heterocycles. The number of unbranched alkanes of at least 4 members (excludes halogenated alkanes) is 20. The van der Waals surface area contributed by atoms with Gasteiger partial charge in [-0.3, -0.25) is 9.36 Å². The van der Waals surface area contributed by atoms with Gasteiger partial charge in [-0.05, 0) is 70.6 Å². The molecular formula is C48H89N2O6P. The average Bonchev–Trinajstić information content (AvgIpc) is 3.16. The van der Waals surface area contributed by atoms with E-state index in [0.29, 0.717) is 17.4 Å². The van der Waals surface area contributed by atoms with Crippen LogP contribution >= 0.6 is 7.82 Å². The van der Waals surface area contributed by atoms with Crippen molar-refractivity contribution in [3.05, 3.63) is 60.8 Å². The molecule has 0 aliphatic heterocycles. The van der Waals surface area contributed by atoms with Gasteiger partial charge in [0.05, 0.1) is 39.9 Å². The Morgan fingerprint density at radius 3 is 1.54 bits per heavy atom. The summed E-state index contributed by atoms with van der Waals surface area (Å²) in [5.74, 6) is -0.223. The van der Waals surface area contributed by atoms with Crippen LogP contribution in [0.1, 0.15) is 187 Å². The molecular weight excluding hydrogens is 732 g/mol. The monoisotopic (exact) mass is 821 g/mol. The van der Waals surface area contributed by atoms with Crippen LogP contribution in [0.25, 0.3) is 0 Å². The summed E-state index contributed by atoms with van der Waals surface area (Å²) in [5.41, 5.74) is 0. The van der Waals surface area contributed by atoms with Crippen molar-refractivity contribution < 1.29 is 32.9 Å². The van der Waals surface area contributed by atoms with Crippen LogP contribution < -0.4 is 10.2 Å². The van der Waals surface area contributed by atoms with Crippen LogP contribution in [-0.4, -0.2) is 68.5 Å². The topological polar surface area (TPSA) is 108 Å². The Bertz CT molecular complexity index is 1110. The smallest absolute Gasteiger partial charge is 0.268 e. The fourth-order valence-corrected chi connectivity index (χ4v) is 6.96. The zero-order valence-corrected chi connectivity index (χ0v) is 38.4. The largest absolute Gasteiger partial charge is 0.756 e. The van der Waals surface area contributed by atoms with E-state index < -0.39 is 26.6 Å². The number of rotatable bonds is 41. The van der Waals surface area contributed by atoms with E-state index in [0.717, 1.165) is 64.2 Å². The number of likely N-dealkylation sites (N-methyl/N-ethyl adjacent to an activating group) is 1. The van der Waals surface area contributed by atoms with Crippen LogP contribution in [0, 0.1) is 0 Å². The SMILES string of the molecule is CCCCCCC/C=C\C/C=C\C/C=C\CCCCCCCCC(=O)NC(COP(=O)([O-])OCC[N+](C)(C)C)C(O)/C=C/CC/C=C/CCCCCCCCCC. The second kappa shape index (κ2) is 39.6. The molecule has 3 atom stereocenters. The van der Waals surface area contributed by atoms with E-state index in [1.54, 1.807) is 6.08 Å². The number of hydrogen-bond donors (Lipinski definition) is 2. The molecule has 0 radical (unpaired) electrons. The molecule has 0 bridgehead atoms. The summed E-state index contributed by atoms with van der Waals surface area (Å²) < 4.78 is 23.2. The van der Waals surface area contributed by atoms with Crippen LogP contribution in [0.5, 0.6) is 0 Å². The maximum Gasteiger partial charge on any atom is 0.268 e. The molecule has 3 unspecified atom stereocenters. The first-order chi connectivity index (χ1) is 27.5. The third-order valence-corrected chi connectivity index (χ3v) is 10.9. The molecule has 2 N–H and O–H groups in total. The highest BCUT2D eigenvalue weighted by molar-refractivity contribution is 7.45. The van der Waals surface area contributed by atoms with Crippen LogP contribution in [0.15, 0.2) is 60.8 Å². The van der Waals surface area contributed by atoms with Crippen molar-refractivity contribution in [3.63, 3.8) is 0 Å². The highest BCUT2D eigenvalue weighted by atomic mass is 31.2. The third-order valence-electron chi connectivity index (χ3n) is 9.95. The minimum atomic E-state index is -4.60. The lowest BCUT2D eigenvalue weighted by Gasteiger charge is -2.29. The summed E-state index contributed by atoms with van der Waals surface area (Å²) in [6.07, 6.45) is 51.2. The molecule has 0 fully saturated rings. The summed E-state index contributed by atoms with van der Waals surface area (Å²) >= 11 is 0.